The SMILES string of the molecule is COCCN(Cc1ccccc1)S(=O)(=O)Cl. The van der Waals surface area contributed by atoms with E-state index >= 15 is 0 Å². The molecule has 0 aliphatic carbocycles. The van der Waals surface area contributed by atoms with Crippen LogP contribution in [0.25, 0.3) is 0 Å². The van der Waals surface area contributed by atoms with Gasteiger partial charge in [0.2, 0.25) is 0 Å². The predicted molar refractivity (Wildman–Crippen MR) is 63.5 cm³/mol. The van der Waals surface area contributed by atoms with Crippen LogP contribution in [0.5, 0.6) is 0 Å². The third-order valence-corrected chi connectivity index (χ3v) is 3.57. The Labute approximate surface area is 100 Å². The van der Waals surface area contributed by atoms with Gasteiger partial charge in [-0.3, -0.25) is 0 Å². The highest BCUT2D eigenvalue weighted by molar-refractivity contribution is 8.11. The maximum atomic E-state index is 11.3. The summed E-state index contributed by atoms with van der Waals surface area (Å²) in [6, 6.07) is 9.28. The fraction of sp³-hybridized carbons (Fsp3) is 0.400. The molecule has 0 atom stereocenters. The summed E-state index contributed by atoms with van der Waals surface area (Å²) in [4.78, 5) is 0. The third kappa shape index (κ3) is 4.49. The van der Waals surface area contributed by atoms with E-state index in [1.807, 2.05) is 30.3 Å². The lowest BCUT2D eigenvalue weighted by atomic mass is 10.2. The quantitative estimate of drug-likeness (QED) is 0.733. The minimum atomic E-state index is -3.71. The largest absolute Gasteiger partial charge is 0.383 e. The van der Waals surface area contributed by atoms with Crippen molar-refractivity contribution in [2.75, 3.05) is 20.3 Å². The van der Waals surface area contributed by atoms with Crippen molar-refractivity contribution in [1.29, 1.82) is 0 Å². The molecule has 0 aliphatic heterocycles. The normalized spacial score (nSPS) is 11.9. The third-order valence-electron chi connectivity index (χ3n) is 2.05. The van der Waals surface area contributed by atoms with E-state index in [-0.39, 0.29) is 13.1 Å². The molecule has 6 heteroatoms. The molecule has 0 N–H and O–H groups in total. The molecule has 0 saturated carbocycles. The highest BCUT2D eigenvalue weighted by Gasteiger charge is 2.18. The van der Waals surface area contributed by atoms with E-state index in [4.69, 9.17) is 15.4 Å². The van der Waals surface area contributed by atoms with Gasteiger partial charge in [0, 0.05) is 30.9 Å². The van der Waals surface area contributed by atoms with Crippen LogP contribution >= 0.6 is 10.7 Å². The van der Waals surface area contributed by atoms with Gasteiger partial charge in [0.15, 0.2) is 0 Å². The Morgan fingerprint density at radius 3 is 2.44 bits per heavy atom. The molecule has 1 rings (SSSR count). The van der Waals surface area contributed by atoms with E-state index in [0.29, 0.717) is 6.61 Å². The molecule has 0 amide bonds. The Kier molecular flexibility index (Phi) is 5.21. The van der Waals surface area contributed by atoms with Gasteiger partial charge in [0.1, 0.15) is 0 Å². The van der Waals surface area contributed by atoms with E-state index < -0.39 is 9.24 Å². The fourth-order valence-corrected chi connectivity index (χ4v) is 2.19. The highest BCUT2D eigenvalue weighted by atomic mass is 35.7. The number of hydrogen-bond donors (Lipinski definition) is 0. The fourth-order valence-electron chi connectivity index (χ4n) is 1.25. The van der Waals surface area contributed by atoms with Crippen molar-refractivity contribution >= 4 is 19.9 Å². The summed E-state index contributed by atoms with van der Waals surface area (Å²) in [6.45, 7) is 0.825. The van der Waals surface area contributed by atoms with Crippen molar-refractivity contribution in [2.45, 2.75) is 6.54 Å². The lowest BCUT2D eigenvalue weighted by molar-refractivity contribution is 0.178. The summed E-state index contributed by atoms with van der Waals surface area (Å²) in [7, 11) is 3.13. The molecule has 0 saturated heterocycles. The minimum absolute atomic E-state index is 0.247. The highest BCUT2D eigenvalue weighted by Crippen LogP contribution is 2.12. The number of halogens is 1. The van der Waals surface area contributed by atoms with Gasteiger partial charge < -0.3 is 4.74 Å². The average molecular weight is 264 g/mol. The van der Waals surface area contributed by atoms with Crippen LogP contribution in [0.2, 0.25) is 0 Å². The van der Waals surface area contributed by atoms with Gasteiger partial charge in [0.05, 0.1) is 6.61 Å². The molecule has 0 spiro atoms. The molecule has 1 aromatic rings. The summed E-state index contributed by atoms with van der Waals surface area (Å²) >= 11 is 0. The van der Waals surface area contributed by atoms with Crippen molar-refractivity contribution in [3.8, 4) is 0 Å². The van der Waals surface area contributed by atoms with Crippen molar-refractivity contribution in [3.05, 3.63) is 35.9 Å². The van der Waals surface area contributed by atoms with Crippen LogP contribution in [0.3, 0.4) is 0 Å². The Morgan fingerprint density at radius 1 is 1.31 bits per heavy atom. The first-order valence-electron chi connectivity index (χ1n) is 4.76. The van der Waals surface area contributed by atoms with Gasteiger partial charge in [-0.25, -0.2) is 0 Å². The Hall–Kier alpha value is -0.620. The molecule has 4 nitrogen and oxygen atoms in total. The summed E-state index contributed by atoms with van der Waals surface area (Å²) in [5, 5.41) is 0. The average Bonchev–Trinajstić information content (AvgIpc) is 2.24. The van der Waals surface area contributed by atoms with Gasteiger partial charge in [-0.05, 0) is 5.56 Å². The topological polar surface area (TPSA) is 46.6 Å². The van der Waals surface area contributed by atoms with Crippen LogP contribution < -0.4 is 0 Å². The van der Waals surface area contributed by atoms with Crippen LogP contribution in [0.15, 0.2) is 30.3 Å². The molecular formula is C10H14ClNO3S. The van der Waals surface area contributed by atoms with Gasteiger partial charge in [-0.2, -0.15) is 12.7 Å². The van der Waals surface area contributed by atoms with Crippen LogP contribution in [-0.2, 0) is 20.5 Å². The zero-order chi connectivity index (χ0) is 12.0. The number of ether oxygens (including phenoxy) is 1. The van der Waals surface area contributed by atoms with Crippen molar-refractivity contribution in [1.82, 2.24) is 4.31 Å². The van der Waals surface area contributed by atoms with Crippen molar-refractivity contribution in [2.24, 2.45) is 0 Å². The first kappa shape index (κ1) is 13.4. The predicted octanol–water partition coefficient (Wildman–Crippen LogP) is 1.62. The minimum Gasteiger partial charge on any atom is -0.383 e. The maximum absolute atomic E-state index is 11.3. The molecular weight excluding hydrogens is 250 g/mol. The molecule has 0 radical (unpaired) electrons. The molecule has 0 heterocycles. The number of nitrogens with zero attached hydrogens (tertiary/aromatic N) is 1. The zero-order valence-electron chi connectivity index (χ0n) is 8.97. The number of methoxy groups -OCH3 is 1. The van der Waals surface area contributed by atoms with Crippen LogP contribution in [-0.4, -0.2) is 33.0 Å². The molecule has 0 aromatic heterocycles. The summed E-state index contributed by atoms with van der Waals surface area (Å²) in [5.74, 6) is 0. The van der Waals surface area contributed by atoms with Gasteiger partial charge >= 0.3 is 0 Å². The van der Waals surface area contributed by atoms with E-state index in [1.54, 1.807) is 0 Å². The van der Waals surface area contributed by atoms with E-state index in [9.17, 15) is 8.42 Å². The summed E-state index contributed by atoms with van der Waals surface area (Å²) in [6.07, 6.45) is 0. The maximum Gasteiger partial charge on any atom is 0.300 e. The monoisotopic (exact) mass is 263 g/mol. The second-order valence-corrected chi connectivity index (χ2v) is 5.76. The molecule has 16 heavy (non-hydrogen) atoms. The standard InChI is InChI=1S/C10H14ClNO3S/c1-15-8-7-12(16(11,13)14)9-10-5-3-2-4-6-10/h2-6H,7-9H2,1H3. The molecule has 1 aromatic carbocycles. The summed E-state index contributed by atoms with van der Waals surface area (Å²) in [5.41, 5.74) is 0.892. The van der Waals surface area contributed by atoms with E-state index in [1.165, 1.54) is 11.4 Å². The lowest BCUT2D eigenvalue weighted by Crippen LogP contribution is -2.30. The number of hydrogen-bond acceptors (Lipinski definition) is 3. The second-order valence-electron chi connectivity index (χ2n) is 3.25. The summed E-state index contributed by atoms with van der Waals surface area (Å²) < 4.78 is 28.6. The first-order valence-corrected chi connectivity index (χ1v) is 7.03. The molecule has 0 bridgehead atoms. The molecule has 0 aliphatic rings. The van der Waals surface area contributed by atoms with Crippen LogP contribution in [0.4, 0.5) is 0 Å². The number of rotatable bonds is 6. The zero-order valence-corrected chi connectivity index (χ0v) is 10.5. The Balaban J connectivity index is 2.72. The van der Waals surface area contributed by atoms with Gasteiger partial charge in [-0.1, -0.05) is 30.3 Å². The molecule has 90 valence electrons. The van der Waals surface area contributed by atoms with Crippen LogP contribution in [0.1, 0.15) is 5.56 Å². The van der Waals surface area contributed by atoms with Gasteiger partial charge in [0.25, 0.3) is 9.24 Å². The Morgan fingerprint density at radius 2 is 1.94 bits per heavy atom. The van der Waals surface area contributed by atoms with Crippen LogP contribution in [0, 0.1) is 0 Å². The van der Waals surface area contributed by atoms with Crippen molar-refractivity contribution < 1.29 is 13.2 Å². The smallest absolute Gasteiger partial charge is 0.300 e. The lowest BCUT2D eigenvalue weighted by Gasteiger charge is -2.17. The van der Waals surface area contributed by atoms with E-state index in [2.05, 4.69) is 0 Å². The van der Waals surface area contributed by atoms with Crippen molar-refractivity contribution in [3.63, 3.8) is 0 Å². The number of benzene rings is 1. The second kappa shape index (κ2) is 6.20. The first-order chi connectivity index (χ1) is 7.54. The molecule has 0 fully saturated rings. The van der Waals surface area contributed by atoms with E-state index in [0.717, 1.165) is 5.56 Å². The Bertz CT molecular complexity index is 407. The molecule has 0 unspecified atom stereocenters. The van der Waals surface area contributed by atoms with Gasteiger partial charge in [-0.15, -0.1) is 0 Å².